The van der Waals surface area contributed by atoms with Crippen LogP contribution in [0.4, 0.5) is 0 Å². The summed E-state index contributed by atoms with van der Waals surface area (Å²) in [4.78, 5) is 10.4. The minimum atomic E-state index is 0.426. The molecule has 0 saturated carbocycles. The number of hydrogen-bond donors (Lipinski definition) is 1. The van der Waals surface area contributed by atoms with Crippen LogP contribution in [0.2, 0.25) is 0 Å². The number of nitrogens with zero attached hydrogens (tertiary/aromatic N) is 1. The minimum absolute atomic E-state index is 0.426. The summed E-state index contributed by atoms with van der Waals surface area (Å²) >= 11 is 3.35. The lowest BCUT2D eigenvalue weighted by molar-refractivity contribution is -0.107. The predicted molar refractivity (Wildman–Crippen MR) is 53.6 cm³/mol. The highest BCUT2D eigenvalue weighted by atomic mass is 79.9. The second-order valence-electron chi connectivity index (χ2n) is 2.72. The maximum Gasteiger partial charge on any atom is 0.124 e. The Morgan fingerprint density at radius 2 is 2.38 bits per heavy atom. The van der Waals surface area contributed by atoms with Gasteiger partial charge >= 0.3 is 0 Å². The standard InChI is InChI=1S/C9H7BrN2O/c10-9-8-6(4-5-13)2-1-3-7(8)11-12-9/h1-3,5H,4H2,(H,11,12). The fourth-order valence-corrected chi connectivity index (χ4v) is 1.90. The Hall–Kier alpha value is -1.16. The number of carbonyl (C=O) groups is 1. The van der Waals surface area contributed by atoms with E-state index in [4.69, 9.17) is 0 Å². The average molecular weight is 239 g/mol. The van der Waals surface area contributed by atoms with Gasteiger partial charge < -0.3 is 4.79 Å². The number of aldehydes is 1. The Labute approximate surface area is 83.3 Å². The summed E-state index contributed by atoms with van der Waals surface area (Å²) in [5.41, 5.74) is 1.87. The molecule has 66 valence electrons. The third-order valence-electron chi connectivity index (χ3n) is 1.93. The molecule has 1 heterocycles. The number of aromatic amines is 1. The molecule has 1 N–H and O–H groups in total. The number of fused-ring (bicyclic) bond motifs is 1. The number of aromatic nitrogens is 2. The van der Waals surface area contributed by atoms with E-state index in [1.165, 1.54) is 0 Å². The van der Waals surface area contributed by atoms with Crippen LogP contribution in [0, 0.1) is 0 Å². The number of hydrogen-bond acceptors (Lipinski definition) is 2. The number of carbonyl (C=O) groups excluding carboxylic acids is 1. The molecule has 2 aromatic rings. The summed E-state index contributed by atoms with van der Waals surface area (Å²) in [5, 5.41) is 7.89. The molecule has 0 unspecified atom stereocenters. The highest BCUT2D eigenvalue weighted by Gasteiger charge is 2.06. The molecule has 0 saturated heterocycles. The fraction of sp³-hybridized carbons (Fsp3) is 0.111. The van der Waals surface area contributed by atoms with Crippen molar-refractivity contribution in [2.75, 3.05) is 0 Å². The summed E-state index contributed by atoms with van der Waals surface area (Å²) in [6.07, 6.45) is 1.32. The van der Waals surface area contributed by atoms with E-state index < -0.39 is 0 Å². The van der Waals surface area contributed by atoms with E-state index in [0.717, 1.165) is 27.4 Å². The van der Waals surface area contributed by atoms with Crippen molar-refractivity contribution in [1.29, 1.82) is 0 Å². The topological polar surface area (TPSA) is 45.8 Å². The molecule has 1 aromatic carbocycles. The van der Waals surface area contributed by atoms with E-state index >= 15 is 0 Å². The summed E-state index contributed by atoms with van der Waals surface area (Å²) in [6.45, 7) is 0. The third-order valence-corrected chi connectivity index (χ3v) is 2.50. The van der Waals surface area contributed by atoms with E-state index in [1.807, 2.05) is 18.2 Å². The van der Waals surface area contributed by atoms with Gasteiger partial charge in [0.2, 0.25) is 0 Å². The molecular weight excluding hydrogens is 232 g/mol. The lowest BCUT2D eigenvalue weighted by Gasteiger charge is -1.96. The van der Waals surface area contributed by atoms with Gasteiger partial charge in [-0.15, -0.1) is 0 Å². The Balaban J connectivity index is 2.72. The van der Waals surface area contributed by atoms with Crippen molar-refractivity contribution in [3.8, 4) is 0 Å². The molecule has 13 heavy (non-hydrogen) atoms. The normalized spacial score (nSPS) is 10.5. The number of rotatable bonds is 2. The summed E-state index contributed by atoms with van der Waals surface area (Å²) in [5.74, 6) is 0. The number of benzene rings is 1. The van der Waals surface area contributed by atoms with Crippen molar-refractivity contribution >= 4 is 33.1 Å². The second kappa shape index (κ2) is 3.30. The maximum atomic E-state index is 10.4. The SMILES string of the molecule is O=CCc1cccc2n[nH]c(Br)c12. The Morgan fingerprint density at radius 3 is 3.15 bits per heavy atom. The van der Waals surface area contributed by atoms with Crippen molar-refractivity contribution < 1.29 is 4.79 Å². The van der Waals surface area contributed by atoms with E-state index in [0.29, 0.717) is 6.42 Å². The van der Waals surface area contributed by atoms with Gasteiger partial charge in [0.25, 0.3) is 0 Å². The van der Waals surface area contributed by atoms with Crippen LogP contribution in [0.1, 0.15) is 5.56 Å². The van der Waals surface area contributed by atoms with Gasteiger partial charge in [0.15, 0.2) is 0 Å². The maximum absolute atomic E-state index is 10.4. The first-order valence-corrected chi connectivity index (χ1v) is 4.67. The Kier molecular flexibility index (Phi) is 2.14. The molecule has 0 atom stereocenters. The minimum Gasteiger partial charge on any atom is -0.303 e. The molecule has 0 aliphatic carbocycles. The van der Waals surface area contributed by atoms with E-state index in [2.05, 4.69) is 26.1 Å². The first kappa shape index (κ1) is 8.44. The smallest absolute Gasteiger partial charge is 0.124 e. The van der Waals surface area contributed by atoms with Gasteiger partial charge in [-0.25, -0.2) is 0 Å². The van der Waals surface area contributed by atoms with Crippen molar-refractivity contribution in [3.05, 3.63) is 28.4 Å². The molecule has 0 fully saturated rings. The molecule has 0 radical (unpaired) electrons. The molecule has 0 spiro atoms. The van der Waals surface area contributed by atoms with Gasteiger partial charge in [-0.1, -0.05) is 12.1 Å². The van der Waals surface area contributed by atoms with Gasteiger partial charge in [-0.3, -0.25) is 5.10 Å². The van der Waals surface area contributed by atoms with E-state index in [-0.39, 0.29) is 0 Å². The molecule has 0 aliphatic heterocycles. The van der Waals surface area contributed by atoms with Crippen molar-refractivity contribution in [2.24, 2.45) is 0 Å². The largest absolute Gasteiger partial charge is 0.303 e. The summed E-state index contributed by atoms with van der Waals surface area (Å²) in [6, 6.07) is 5.73. The Morgan fingerprint density at radius 1 is 1.54 bits per heavy atom. The van der Waals surface area contributed by atoms with Gasteiger partial charge in [0, 0.05) is 11.8 Å². The first-order valence-electron chi connectivity index (χ1n) is 3.88. The highest BCUT2D eigenvalue weighted by Crippen LogP contribution is 2.24. The summed E-state index contributed by atoms with van der Waals surface area (Å²) < 4.78 is 0.833. The summed E-state index contributed by atoms with van der Waals surface area (Å²) in [7, 11) is 0. The van der Waals surface area contributed by atoms with Crippen molar-refractivity contribution in [2.45, 2.75) is 6.42 Å². The molecule has 3 nitrogen and oxygen atoms in total. The van der Waals surface area contributed by atoms with Crippen LogP contribution in [-0.4, -0.2) is 16.5 Å². The number of nitrogens with one attached hydrogen (secondary N) is 1. The predicted octanol–water partition coefficient (Wildman–Crippen LogP) is 2.07. The Bertz CT molecular complexity index is 450. The molecule has 0 amide bonds. The van der Waals surface area contributed by atoms with Crippen LogP contribution in [0.5, 0.6) is 0 Å². The van der Waals surface area contributed by atoms with Crippen LogP contribution < -0.4 is 0 Å². The molecule has 0 aliphatic rings. The monoisotopic (exact) mass is 238 g/mol. The van der Waals surface area contributed by atoms with E-state index in [9.17, 15) is 4.79 Å². The third kappa shape index (κ3) is 1.37. The quantitative estimate of drug-likeness (QED) is 0.815. The molecule has 2 rings (SSSR count). The second-order valence-corrected chi connectivity index (χ2v) is 3.51. The zero-order valence-corrected chi connectivity index (χ0v) is 8.34. The fourth-order valence-electron chi connectivity index (χ4n) is 1.36. The van der Waals surface area contributed by atoms with Gasteiger partial charge in [0.05, 0.1) is 5.52 Å². The van der Waals surface area contributed by atoms with Crippen LogP contribution in [0.25, 0.3) is 10.9 Å². The average Bonchev–Trinajstić information content (AvgIpc) is 2.50. The molecular formula is C9H7BrN2O. The number of H-pyrrole nitrogens is 1. The van der Waals surface area contributed by atoms with Crippen LogP contribution in [0.3, 0.4) is 0 Å². The van der Waals surface area contributed by atoms with Crippen molar-refractivity contribution in [1.82, 2.24) is 10.2 Å². The molecule has 4 heteroatoms. The van der Waals surface area contributed by atoms with Gasteiger partial charge in [-0.05, 0) is 27.6 Å². The van der Waals surface area contributed by atoms with Gasteiger partial charge in [-0.2, -0.15) is 5.10 Å². The van der Waals surface area contributed by atoms with Crippen LogP contribution in [-0.2, 0) is 11.2 Å². The zero-order chi connectivity index (χ0) is 9.26. The molecule has 0 bridgehead atoms. The number of halogens is 1. The highest BCUT2D eigenvalue weighted by molar-refractivity contribution is 9.10. The van der Waals surface area contributed by atoms with E-state index in [1.54, 1.807) is 0 Å². The van der Waals surface area contributed by atoms with Crippen LogP contribution in [0.15, 0.2) is 22.8 Å². The van der Waals surface area contributed by atoms with Gasteiger partial charge in [0.1, 0.15) is 10.9 Å². The first-order chi connectivity index (χ1) is 6.33. The lowest BCUT2D eigenvalue weighted by Crippen LogP contribution is -1.86. The van der Waals surface area contributed by atoms with Crippen molar-refractivity contribution in [3.63, 3.8) is 0 Å². The lowest BCUT2D eigenvalue weighted by atomic mass is 10.1. The molecule has 1 aromatic heterocycles. The van der Waals surface area contributed by atoms with Crippen LogP contribution >= 0.6 is 15.9 Å². The zero-order valence-electron chi connectivity index (χ0n) is 6.75.